The number of piperazine rings is 1. The molecule has 2 aromatic rings. The number of hydrogen-bond acceptors (Lipinski definition) is 4. The minimum Gasteiger partial charge on any atom is -0.368 e. The molecule has 2 N–H and O–H groups in total. The van der Waals surface area contributed by atoms with Crippen molar-refractivity contribution in [2.24, 2.45) is 4.99 Å². The van der Waals surface area contributed by atoms with Crippen LogP contribution < -0.4 is 14.9 Å². The SMILES string of the molecule is CN=C(NCc1ccc(S(=O)(=O)NC2CC2)cc1)N1CCN(c2ccc(F)cc2)CC1. The van der Waals surface area contributed by atoms with Gasteiger partial charge in [-0.2, -0.15) is 0 Å². The summed E-state index contributed by atoms with van der Waals surface area (Å²) in [4.78, 5) is 9.11. The number of hydrogen-bond donors (Lipinski definition) is 2. The topological polar surface area (TPSA) is 77.0 Å². The number of anilines is 1. The van der Waals surface area contributed by atoms with Gasteiger partial charge in [0.2, 0.25) is 10.0 Å². The van der Waals surface area contributed by atoms with Crippen LogP contribution in [-0.4, -0.2) is 58.5 Å². The van der Waals surface area contributed by atoms with Crippen molar-refractivity contribution < 1.29 is 12.8 Å². The van der Waals surface area contributed by atoms with Gasteiger partial charge < -0.3 is 15.1 Å². The van der Waals surface area contributed by atoms with Crippen molar-refractivity contribution in [2.75, 3.05) is 38.1 Å². The molecule has 0 radical (unpaired) electrons. The average molecular weight is 446 g/mol. The fourth-order valence-electron chi connectivity index (χ4n) is 3.62. The third-order valence-electron chi connectivity index (χ3n) is 5.57. The molecule has 1 aliphatic heterocycles. The summed E-state index contributed by atoms with van der Waals surface area (Å²) in [6.07, 6.45) is 1.83. The Labute approximate surface area is 183 Å². The molecule has 2 aliphatic rings. The van der Waals surface area contributed by atoms with Gasteiger partial charge in [0, 0.05) is 51.5 Å². The third kappa shape index (κ3) is 5.54. The highest BCUT2D eigenvalue weighted by atomic mass is 32.2. The van der Waals surface area contributed by atoms with Crippen molar-refractivity contribution in [2.45, 2.75) is 30.3 Å². The van der Waals surface area contributed by atoms with E-state index >= 15 is 0 Å². The standard InChI is InChI=1S/C22H28FN5O2S/c1-24-22(28-14-12-27(13-15-28)20-8-4-18(23)5-9-20)25-16-17-2-10-21(11-3-17)31(29,30)26-19-6-7-19/h2-5,8-11,19,26H,6-7,12-16H2,1H3,(H,24,25). The van der Waals surface area contributed by atoms with Gasteiger partial charge in [0.05, 0.1) is 4.90 Å². The first-order valence-electron chi connectivity index (χ1n) is 10.5. The van der Waals surface area contributed by atoms with E-state index in [1.807, 2.05) is 24.3 Å². The molecule has 2 fully saturated rings. The number of rotatable bonds is 6. The lowest BCUT2D eigenvalue weighted by atomic mass is 10.2. The summed E-state index contributed by atoms with van der Waals surface area (Å²) in [6, 6.07) is 13.6. The summed E-state index contributed by atoms with van der Waals surface area (Å²) in [5.41, 5.74) is 2.01. The van der Waals surface area contributed by atoms with Crippen LogP contribution in [0.5, 0.6) is 0 Å². The Morgan fingerprint density at radius 1 is 1.03 bits per heavy atom. The predicted octanol–water partition coefficient (Wildman–Crippen LogP) is 2.16. The molecule has 166 valence electrons. The monoisotopic (exact) mass is 445 g/mol. The molecule has 1 saturated heterocycles. The van der Waals surface area contributed by atoms with Gasteiger partial charge in [0.1, 0.15) is 5.82 Å². The zero-order valence-corrected chi connectivity index (χ0v) is 18.4. The van der Waals surface area contributed by atoms with Crippen LogP contribution >= 0.6 is 0 Å². The van der Waals surface area contributed by atoms with E-state index < -0.39 is 10.0 Å². The zero-order valence-electron chi connectivity index (χ0n) is 17.6. The van der Waals surface area contributed by atoms with Crippen molar-refractivity contribution >= 4 is 21.7 Å². The van der Waals surface area contributed by atoms with Gasteiger partial charge in [-0.1, -0.05) is 12.1 Å². The lowest BCUT2D eigenvalue weighted by Gasteiger charge is -2.37. The van der Waals surface area contributed by atoms with Gasteiger partial charge in [0.25, 0.3) is 0 Å². The van der Waals surface area contributed by atoms with Gasteiger partial charge in [-0.05, 0) is 54.8 Å². The number of nitrogens with zero attached hydrogens (tertiary/aromatic N) is 3. The van der Waals surface area contributed by atoms with Crippen molar-refractivity contribution in [1.82, 2.24) is 14.9 Å². The summed E-state index contributed by atoms with van der Waals surface area (Å²) in [5, 5.41) is 3.36. The van der Waals surface area contributed by atoms with Crippen LogP contribution in [0.4, 0.5) is 10.1 Å². The molecule has 1 heterocycles. The predicted molar refractivity (Wildman–Crippen MR) is 120 cm³/mol. The molecular formula is C22H28FN5O2S. The quantitative estimate of drug-likeness (QED) is 0.526. The summed E-state index contributed by atoms with van der Waals surface area (Å²) < 4.78 is 40.4. The smallest absolute Gasteiger partial charge is 0.240 e. The molecule has 31 heavy (non-hydrogen) atoms. The fourth-order valence-corrected chi connectivity index (χ4v) is 4.92. The Kier molecular flexibility index (Phi) is 6.43. The molecule has 0 unspecified atom stereocenters. The number of guanidine groups is 1. The number of halogens is 1. The van der Waals surface area contributed by atoms with E-state index in [-0.39, 0.29) is 11.9 Å². The van der Waals surface area contributed by atoms with Crippen molar-refractivity contribution in [3.8, 4) is 0 Å². The van der Waals surface area contributed by atoms with Gasteiger partial charge in [-0.3, -0.25) is 4.99 Å². The highest BCUT2D eigenvalue weighted by Gasteiger charge is 2.27. The van der Waals surface area contributed by atoms with E-state index in [9.17, 15) is 12.8 Å². The molecule has 9 heteroatoms. The van der Waals surface area contributed by atoms with Crippen molar-refractivity contribution in [1.29, 1.82) is 0 Å². The maximum Gasteiger partial charge on any atom is 0.240 e. The third-order valence-corrected chi connectivity index (χ3v) is 7.10. The van der Waals surface area contributed by atoms with E-state index in [1.54, 1.807) is 19.2 Å². The molecule has 1 saturated carbocycles. The van der Waals surface area contributed by atoms with Gasteiger partial charge in [-0.15, -0.1) is 0 Å². The minimum absolute atomic E-state index is 0.0955. The molecule has 2 aromatic carbocycles. The second-order valence-electron chi connectivity index (χ2n) is 7.89. The highest BCUT2D eigenvalue weighted by molar-refractivity contribution is 7.89. The summed E-state index contributed by atoms with van der Waals surface area (Å²) >= 11 is 0. The maximum absolute atomic E-state index is 13.1. The highest BCUT2D eigenvalue weighted by Crippen LogP contribution is 2.22. The van der Waals surface area contributed by atoms with Crippen LogP contribution in [0, 0.1) is 5.82 Å². The molecule has 1 aliphatic carbocycles. The Hall–Kier alpha value is -2.65. The summed E-state index contributed by atoms with van der Waals surface area (Å²) in [6.45, 7) is 3.82. The van der Waals surface area contributed by atoms with Crippen LogP contribution in [0.1, 0.15) is 18.4 Å². The molecule has 0 spiro atoms. The van der Waals surface area contributed by atoms with Crippen LogP contribution in [0.15, 0.2) is 58.4 Å². The second kappa shape index (κ2) is 9.23. The van der Waals surface area contributed by atoms with Crippen molar-refractivity contribution in [3.63, 3.8) is 0 Å². The van der Waals surface area contributed by atoms with Gasteiger partial charge in [-0.25, -0.2) is 17.5 Å². The largest absolute Gasteiger partial charge is 0.368 e. The van der Waals surface area contributed by atoms with Crippen LogP contribution in [-0.2, 0) is 16.6 Å². The zero-order chi connectivity index (χ0) is 21.8. The molecule has 0 bridgehead atoms. The summed E-state index contributed by atoms with van der Waals surface area (Å²) in [7, 11) is -1.67. The lowest BCUT2D eigenvalue weighted by molar-refractivity contribution is 0.372. The molecule has 0 aromatic heterocycles. The van der Waals surface area contributed by atoms with E-state index in [0.29, 0.717) is 11.4 Å². The molecule has 7 nitrogen and oxygen atoms in total. The fraction of sp³-hybridized carbons (Fsp3) is 0.409. The van der Waals surface area contributed by atoms with E-state index in [4.69, 9.17) is 0 Å². The maximum atomic E-state index is 13.1. The molecule has 0 amide bonds. The average Bonchev–Trinajstić information content (AvgIpc) is 3.59. The lowest BCUT2D eigenvalue weighted by Crippen LogP contribution is -2.52. The Morgan fingerprint density at radius 2 is 1.68 bits per heavy atom. The van der Waals surface area contributed by atoms with Crippen LogP contribution in [0.3, 0.4) is 0 Å². The molecule has 0 atom stereocenters. The summed E-state index contributed by atoms with van der Waals surface area (Å²) in [5.74, 6) is 0.586. The first-order valence-corrected chi connectivity index (χ1v) is 12.0. The first kappa shape index (κ1) is 21.6. The van der Waals surface area contributed by atoms with E-state index in [1.165, 1.54) is 12.1 Å². The second-order valence-corrected chi connectivity index (χ2v) is 9.60. The Morgan fingerprint density at radius 3 is 2.26 bits per heavy atom. The number of aliphatic imine (C=N–C) groups is 1. The Bertz CT molecular complexity index is 1010. The van der Waals surface area contributed by atoms with Gasteiger partial charge >= 0.3 is 0 Å². The number of sulfonamides is 1. The molecular weight excluding hydrogens is 417 g/mol. The van der Waals surface area contributed by atoms with E-state index in [0.717, 1.165) is 56.2 Å². The minimum atomic E-state index is -3.43. The molecule has 4 rings (SSSR count). The van der Waals surface area contributed by atoms with Gasteiger partial charge in [0.15, 0.2) is 5.96 Å². The number of nitrogens with one attached hydrogen (secondary N) is 2. The first-order chi connectivity index (χ1) is 14.9. The number of benzene rings is 2. The van der Waals surface area contributed by atoms with Crippen LogP contribution in [0.25, 0.3) is 0 Å². The normalized spacial score (nSPS) is 17.7. The van der Waals surface area contributed by atoms with Crippen molar-refractivity contribution in [3.05, 3.63) is 59.9 Å². The van der Waals surface area contributed by atoms with Crippen LogP contribution in [0.2, 0.25) is 0 Å². The van der Waals surface area contributed by atoms with E-state index in [2.05, 4.69) is 24.8 Å². The Balaban J connectivity index is 1.29.